The number of aryl methyl sites for hydroxylation is 1. The fraction of sp³-hybridized carbons (Fsp3) is 0.250. The molecule has 0 bridgehead atoms. The van der Waals surface area contributed by atoms with Crippen LogP contribution >= 0.6 is 11.6 Å². The highest BCUT2D eigenvalue weighted by molar-refractivity contribution is 6.20. The number of halogens is 1. The number of benzene rings is 1. The van der Waals surface area contributed by atoms with Crippen LogP contribution in [0, 0.1) is 13.8 Å². The molecular formula is C16H16ClN3. The van der Waals surface area contributed by atoms with Gasteiger partial charge in [0.15, 0.2) is 5.65 Å². The largest absolute Gasteiger partial charge is 0.279 e. The molecule has 4 heteroatoms. The minimum atomic E-state index is -0.177. The van der Waals surface area contributed by atoms with Gasteiger partial charge >= 0.3 is 0 Å². The minimum Gasteiger partial charge on any atom is -0.279 e. The van der Waals surface area contributed by atoms with Gasteiger partial charge in [-0.05, 0) is 50.1 Å². The van der Waals surface area contributed by atoms with Gasteiger partial charge in [-0.1, -0.05) is 12.1 Å². The van der Waals surface area contributed by atoms with Crippen LogP contribution in [0.5, 0.6) is 0 Å². The van der Waals surface area contributed by atoms with E-state index in [-0.39, 0.29) is 5.38 Å². The van der Waals surface area contributed by atoms with E-state index in [2.05, 4.69) is 46.6 Å². The van der Waals surface area contributed by atoms with Crippen molar-refractivity contribution in [1.82, 2.24) is 14.5 Å². The molecule has 0 aliphatic carbocycles. The normalized spacial score (nSPS) is 12.8. The minimum absolute atomic E-state index is 0.177. The molecule has 0 aliphatic rings. The first-order valence-electron chi connectivity index (χ1n) is 6.63. The van der Waals surface area contributed by atoms with E-state index in [0.717, 1.165) is 22.7 Å². The van der Waals surface area contributed by atoms with Gasteiger partial charge in [-0.3, -0.25) is 4.57 Å². The summed E-state index contributed by atoms with van der Waals surface area (Å²) >= 11 is 6.31. The second-order valence-corrected chi connectivity index (χ2v) is 5.64. The third-order valence-corrected chi connectivity index (χ3v) is 3.81. The summed E-state index contributed by atoms with van der Waals surface area (Å²) in [6, 6.07) is 10.1. The Morgan fingerprint density at radius 2 is 1.95 bits per heavy atom. The summed E-state index contributed by atoms with van der Waals surface area (Å²) < 4.78 is 2.06. The van der Waals surface area contributed by atoms with Crippen LogP contribution in [-0.2, 0) is 0 Å². The van der Waals surface area contributed by atoms with Crippen molar-refractivity contribution in [1.29, 1.82) is 0 Å². The molecule has 0 amide bonds. The lowest BCUT2D eigenvalue weighted by Crippen LogP contribution is -2.05. The molecule has 0 saturated heterocycles. The topological polar surface area (TPSA) is 30.7 Å². The molecule has 3 aromatic rings. The van der Waals surface area contributed by atoms with Gasteiger partial charge in [-0.15, -0.1) is 11.6 Å². The average Bonchev–Trinajstić information content (AvgIpc) is 2.81. The Bertz CT molecular complexity index is 774. The highest BCUT2D eigenvalue weighted by Crippen LogP contribution is 2.29. The van der Waals surface area contributed by atoms with E-state index >= 15 is 0 Å². The predicted molar refractivity (Wildman–Crippen MR) is 82.6 cm³/mol. The Balaban J connectivity index is 2.39. The maximum Gasteiger partial charge on any atom is 0.164 e. The maximum atomic E-state index is 6.31. The van der Waals surface area contributed by atoms with E-state index < -0.39 is 0 Å². The number of hydrogen-bond donors (Lipinski definition) is 0. The summed E-state index contributed by atoms with van der Waals surface area (Å²) in [5.74, 6) is 0.828. The molecule has 1 aromatic carbocycles. The van der Waals surface area contributed by atoms with Gasteiger partial charge < -0.3 is 0 Å². The smallest absolute Gasteiger partial charge is 0.164 e. The van der Waals surface area contributed by atoms with E-state index in [0.29, 0.717) is 0 Å². The molecule has 0 saturated carbocycles. The van der Waals surface area contributed by atoms with Crippen LogP contribution in [0.25, 0.3) is 16.9 Å². The lowest BCUT2D eigenvalue weighted by atomic mass is 10.1. The second kappa shape index (κ2) is 4.91. The Morgan fingerprint density at radius 3 is 2.70 bits per heavy atom. The number of rotatable bonds is 2. The van der Waals surface area contributed by atoms with Gasteiger partial charge in [-0.25, -0.2) is 9.97 Å². The lowest BCUT2D eigenvalue weighted by molar-refractivity contribution is 0.871. The van der Waals surface area contributed by atoms with E-state index in [1.807, 2.05) is 19.1 Å². The highest BCUT2D eigenvalue weighted by atomic mass is 35.5. The number of nitrogens with zero attached hydrogens (tertiary/aromatic N) is 3. The van der Waals surface area contributed by atoms with Crippen molar-refractivity contribution >= 4 is 22.8 Å². The van der Waals surface area contributed by atoms with Crippen LogP contribution in [-0.4, -0.2) is 14.5 Å². The molecule has 2 heterocycles. The number of pyridine rings is 1. The number of imidazole rings is 1. The summed E-state index contributed by atoms with van der Waals surface area (Å²) in [6.45, 7) is 6.15. The van der Waals surface area contributed by atoms with Crippen LogP contribution in [0.4, 0.5) is 0 Å². The van der Waals surface area contributed by atoms with Crippen LogP contribution < -0.4 is 0 Å². The molecule has 3 nitrogen and oxygen atoms in total. The molecule has 1 atom stereocenters. The fourth-order valence-corrected chi connectivity index (χ4v) is 2.56. The van der Waals surface area contributed by atoms with Gasteiger partial charge in [0.05, 0.1) is 11.1 Å². The predicted octanol–water partition coefficient (Wildman–Crippen LogP) is 4.34. The van der Waals surface area contributed by atoms with Gasteiger partial charge in [-0.2, -0.15) is 0 Å². The molecule has 1 unspecified atom stereocenters. The zero-order chi connectivity index (χ0) is 14.3. The zero-order valence-electron chi connectivity index (χ0n) is 11.8. The van der Waals surface area contributed by atoms with Crippen molar-refractivity contribution in [3.8, 4) is 5.69 Å². The average molecular weight is 286 g/mol. The van der Waals surface area contributed by atoms with Crippen molar-refractivity contribution in [2.75, 3.05) is 0 Å². The Labute approximate surface area is 123 Å². The molecule has 3 rings (SSSR count). The van der Waals surface area contributed by atoms with E-state index in [9.17, 15) is 0 Å². The molecule has 0 spiro atoms. The van der Waals surface area contributed by atoms with Gasteiger partial charge in [0.25, 0.3) is 0 Å². The highest BCUT2D eigenvalue weighted by Gasteiger charge is 2.18. The Kier molecular flexibility index (Phi) is 3.22. The summed E-state index contributed by atoms with van der Waals surface area (Å²) in [6.07, 6.45) is 1.79. The molecule has 102 valence electrons. The van der Waals surface area contributed by atoms with Gasteiger partial charge in [0.1, 0.15) is 11.3 Å². The Morgan fingerprint density at radius 1 is 1.15 bits per heavy atom. The SMILES string of the molecule is Cc1cccc(-n2c(C(C)Cl)nc3cccnc32)c1C. The first-order valence-corrected chi connectivity index (χ1v) is 7.07. The van der Waals surface area contributed by atoms with Crippen molar-refractivity contribution in [3.63, 3.8) is 0 Å². The monoisotopic (exact) mass is 285 g/mol. The maximum absolute atomic E-state index is 6.31. The molecule has 0 aliphatic heterocycles. The van der Waals surface area contributed by atoms with Crippen molar-refractivity contribution < 1.29 is 0 Å². The van der Waals surface area contributed by atoms with Crippen LogP contribution in [0.1, 0.15) is 29.3 Å². The zero-order valence-corrected chi connectivity index (χ0v) is 12.5. The van der Waals surface area contributed by atoms with E-state index in [1.54, 1.807) is 6.20 Å². The summed E-state index contributed by atoms with van der Waals surface area (Å²) in [4.78, 5) is 9.10. The van der Waals surface area contributed by atoms with Crippen molar-refractivity contribution in [2.45, 2.75) is 26.1 Å². The number of hydrogen-bond acceptors (Lipinski definition) is 2. The number of aromatic nitrogens is 3. The molecule has 20 heavy (non-hydrogen) atoms. The van der Waals surface area contributed by atoms with E-state index in [1.165, 1.54) is 11.1 Å². The second-order valence-electron chi connectivity index (χ2n) is 4.99. The molecule has 0 fully saturated rings. The number of alkyl halides is 1. The van der Waals surface area contributed by atoms with Crippen LogP contribution in [0.15, 0.2) is 36.5 Å². The Hall–Kier alpha value is -1.87. The molecule has 0 radical (unpaired) electrons. The third kappa shape index (κ3) is 1.98. The standard InChI is InChI=1S/C16H16ClN3/c1-10-6-4-8-14(11(10)2)20-15(12(3)17)19-13-7-5-9-18-16(13)20/h4-9,12H,1-3H3. The third-order valence-electron chi connectivity index (χ3n) is 3.61. The fourth-order valence-electron chi connectivity index (χ4n) is 2.41. The molecular weight excluding hydrogens is 270 g/mol. The first kappa shape index (κ1) is 13.1. The van der Waals surface area contributed by atoms with Gasteiger partial charge in [0, 0.05) is 6.20 Å². The number of fused-ring (bicyclic) bond motifs is 1. The van der Waals surface area contributed by atoms with Gasteiger partial charge in [0.2, 0.25) is 0 Å². The van der Waals surface area contributed by atoms with E-state index in [4.69, 9.17) is 11.6 Å². The lowest BCUT2D eigenvalue weighted by Gasteiger charge is -2.14. The van der Waals surface area contributed by atoms with Crippen LogP contribution in [0.3, 0.4) is 0 Å². The quantitative estimate of drug-likeness (QED) is 0.656. The summed E-state index contributed by atoms with van der Waals surface area (Å²) in [5.41, 5.74) is 5.28. The van der Waals surface area contributed by atoms with Crippen molar-refractivity contribution in [3.05, 3.63) is 53.5 Å². The molecule has 2 aromatic heterocycles. The summed E-state index contributed by atoms with van der Waals surface area (Å²) in [7, 11) is 0. The molecule has 0 N–H and O–H groups in total. The first-order chi connectivity index (χ1) is 9.59. The van der Waals surface area contributed by atoms with Crippen LogP contribution in [0.2, 0.25) is 0 Å². The van der Waals surface area contributed by atoms with Crippen molar-refractivity contribution in [2.24, 2.45) is 0 Å². The summed E-state index contributed by atoms with van der Waals surface area (Å²) in [5, 5.41) is -0.177.